The van der Waals surface area contributed by atoms with Crippen molar-refractivity contribution in [1.82, 2.24) is 24.4 Å². The molecule has 230 valence electrons. The SMILES string of the molecule is Cc1ccnc(C(C)C)c1-n1c(=O)nc(N2CCN(C(=O)OC(C)(C)C)C[C@@H]2C)c2cc(Cl)c(-c3cccc(C=O)c3)nc21. The Kier molecular flexibility index (Phi) is 8.49. The molecule has 1 aliphatic rings. The van der Waals surface area contributed by atoms with Crippen LogP contribution in [0.2, 0.25) is 5.02 Å². The van der Waals surface area contributed by atoms with Gasteiger partial charge in [0.25, 0.3) is 0 Å². The Labute approximate surface area is 261 Å². The molecule has 1 aliphatic heterocycles. The van der Waals surface area contributed by atoms with Crippen LogP contribution in [0.4, 0.5) is 10.6 Å². The number of carbonyl (C=O) groups is 2. The second kappa shape index (κ2) is 12.0. The summed E-state index contributed by atoms with van der Waals surface area (Å²) in [7, 11) is 0. The van der Waals surface area contributed by atoms with E-state index in [-0.39, 0.29) is 18.1 Å². The van der Waals surface area contributed by atoms with Gasteiger partial charge in [0.2, 0.25) is 0 Å². The Morgan fingerprint density at radius 1 is 1.14 bits per heavy atom. The molecule has 1 fully saturated rings. The summed E-state index contributed by atoms with van der Waals surface area (Å²) in [4.78, 5) is 56.4. The van der Waals surface area contributed by atoms with E-state index in [1.54, 1.807) is 35.4 Å². The number of pyridine rings is 2. The molecule has 0 N–H and O–H groups in total. The molecule has 1 aromatic carbocycles. The summed E-state index contributed by atoms with van der Waals surface area (Å²) in [6, 6.07) is 10.5. The highest BCUT2D eigenvalue weighted by Gasteiger charge is 2.33. The Morgan fingerprint density at radius 2 is 1.89 bits per heavy atom. The number of carbonyl (C=O) groups excluding carboxylic acids is 2. The molecular formula is C33H37ClN6O4. The third-order valence-corrected chi connectivity index (χ3v) is 7.86. The lowest BCUT2D eigenvalue weighted by atomic mass is 10.0. The molecule has 1 amide bonds. The van der Waals surface area contributed by atoms with Crippen LogP contribution in [0.3, 0.4) is 0 Å². The summed E-state index contributed by atoms with van der Waals surface area (Å²) in [5.41, 5.74) is 3.03. The van der Waals surface area contributed by atoms with Crippen LogP contribution in [0, 0.1) is 6.92 Å². The van der Waals surface area contributed by atoms with Gasteiger partial charge in [-0.25, -0.2) is 19.1 Å². The Bertz CT molecular complexity index is 1810. The van der Waals surface area contributed by atoms with Gasteiger partial charge in [-0.2, -0.15) is 4.98 Å². The number of hydrogen-bond donors (Lipinski definition) is 0. The Hall–Kier alpha value is -4.31. The fourth-order valence-corrected chi connectivity index (χ4v) is 5.80. The number of aldehydes is 1. The van der Waals surface area contributed by atoms with Gasteiger partial charge >= 0.3 is 11.8 Å². The van der Waals surface area contributed by atoms with E-state index in [1.807, 2.05) is 65.5 Å². The molecule has 10 nitrogen and oxygen atoms in total. The van der Waals surface area contributed by atoms with Crippen molar-refractivity contribution in [3.8, 4) is 16.9 Å². The van der Waals surface area contributed by atoms with Crippen molar-refractivity contribution in [1.29, 1.82) is 0 Å². The fourth-order valence-electron chi connectivity index (χ4n) is 5.54. The molecule has 1 saturated heterocycles. The Morgan fingerprint density at radius 3 is 2.55 bits per heavy atom. The first kappa shape index (κ1) is 31.1. The first-order chi connectivity index (χ1) is 20.8. The zero-order valence-electron chi connectivity index (χ0n) is 26.1. The van der Waals surface area contributed by atoms with Gasteiger partial charge < -0.3 is 14.5 Å². The number of amides is 1. The zero-order valence-corrected chi connectivity index (χ0v) is 26.8. The maximum Gasteiger partial charge on any atom is 0.410 e. The number of anilines is 1. The van der Waals surface area contributed by atoms with Crippen LogP contribution >= 0.6 is 11.6 Å². The molecule has 3 aromatic heterocycles. The molecule has 0 bridgehead atoms. The number of aromatic nitrogens is 4. The topological polar surface area (TPSA) is 111 Å². The van der Waals surface area contributed by atoms with Crippen LogP contribution in [0.1, 0.15) is 69.1 Å². The van der Waals surface area contributed by atoms with Crippen molar-refractivity contribution in [2.24, 2.45) is 0 Å². The molecule has 5 rings (SSSR count). The van der Waals surface area contributed by atoms with Gasteiger partial charge in [-0.05, 0) is 64.3 Å². The standard InChI is InChI=1S/C33H37ClN6O4/c1-19(2)26-28(20(3)11-12-35-26)40-30-24(16-25(34)27(36-30)23-10-8-9-22(15-23)18-41)29(37-31(40)42)39-14-13-38(17-21(39)4)32(43)44-33(5,6)7/h8-12,15-16,18-19,21H,13-14,17H2,1-7H3/t21-/m0/s1. The summed E-state index contributed by atoms with van der Waals surface area (Å²) in [5.74, 6) is 0.455. The summed E-state index contributed by atoms with van der Waals surface area (Å²) < 4.78 is 7.11. The average molecular weight is 617 g/mol. The number of nitrogens with zero attached hydrogens (tertiary/aromatic N) is 6. The molecule has 0 unspecified atom stereocenters. The van der Waals surface area contributed by atoms with Crippen molar-refractivity contribution in [2.45, 2.75) is 66.0 Å². The van der Waals surface area contributed by atoms with Gasteiger partial charge in [0.15, 0.2) is 5.65 Å². The summed E-state index contributed by atoms with van der Waals surface area (Å²) >= 11 is 6.89. The fraction of sp³-hybridized carbons (Fsp3) is 0.394. The van der Waals surface area contributed by atoms with E-state index in [4.69, 9.17) is 21.3 Å². The van der Waals surface area contributed by atoms with E-state index in [9.17, 15) is 14.4 Å². The molecule has 4 aromatic rings. The summed E-state index contributed by atoms with van der Waals surface area (Å²) in [6.45, 7) is 14.7. The number of aryl methyl sites for hydroxylation is 1. The van der Waals surface area contributed by atoms with Crippen molar-refractivity contribution >= 4 is 40.8 Å². The molecule has 0 spiro atoms. The normalized spacial score (nSPS) is 15.6. The molecule has 1 atom stereocenters. The second-order valence-corrected chi connectivity index (χ2v) is 12.9. The van der Waals surface area contributed by atoms with E-state index < -0.39 is 11.3 Å². The lowest BCUT2D eigenvalue weighted by Crippen LogP contribution is -2.55. The molecule has 11 heteroatoms. The van der Waals surface area contributed by atoms with Crippen LogP contribution in [-0.4, -0.2) is 68.1 Å². The van der Waals surface area contributed by atoms with Gasteiger partial charge in [0.05, 0.1) is 27.5 Å². The quantitative estimate of drug-likeness (QED) is 0.244. The van der Waals surface area contributed by atoms with Crippen LogP contribution in [0.15, 0.2) is 47.4 Å². The summed E-state index contributed by atoms with van der Waals surface area (Å²) in [5, 5.41) is 0.932. The number of rotatable bonds is 5. The molecule has 0 radical (unpaired) electrons. The lowest BCUT2D eigenvalue weighted by Gasteiger charge is -2.41. The number of benzene rings is 1. The van der Waals surface area contributed by atoms with Crippen molar-refractivity contribution in [2.75, 3.05) is 24.5 Å². The molecule has 0 saturated carbocycles. The minimum absolute atomic E-state index is 0.0172. The number of halogens is 1. The maximum absolute atomic E-state index is 14.1. The van der Waals surface area contributed by atoms with Crippen LogP contribution in [-0.2, 0) is 4.74 Å². The van der Waals surface area contributed by atoms with Crippen molar-refractivity contribution < 1.29 is 14.3 Å². The predicted octanol–water partition coefficient (Wildman–Crippen LogP) is 6.19. The van der Waals surface area contributed by atoms with Crippen molar-refractivity contribution in [3.63, 3.8) is 0 Å². The highest BCUT2D eigenvalue weighted by molar-refractivity contribution is 6.34. The van der Waals surface area contributed by atoms with Gasteiger partial charge in [0, 0.05) is 43.0 Å². The van der Waals surface area contributed by atoms with E-state index in [0.29, 0.717) is 64.0 Å². The number of ether oxygens (including phenoxy) is 1. The Balaban J connectivity index is 1.72. The zero-order chi connectivity index (χ0) is 31.9. The third kappa shape index (κ3) is 6.04. The number of hydrogen-bond acceptors (Lipinski definition) is 8. The second-order valence-electron chi connectivity index (χ2n) is 12.5. The third-order valence-electron chi connectivity index (χ3n) is 7.57. The monoisotopic (exact) mass is 616 g/mol. The van der Waals surface area contributed by atoms with Crippen LogP contribution in [0.25, 0.3) is 28.0 Å². The number of piperazine rings is 1. The van der Waals surface area contributed by atoms with Gasteiger partial charge in [-0.1, -0.05) is 43.6 Å². The first-order valence-corrected chi connectivity index (χ1v) is 15.1. The van der Waals surface area contributed by atoms with Crippen LogP contribution < -0.4 is 10.6 Å². The minimum atomic E-state index is -0.607. The van der Waals surface area contributed by atoms with Gasteiger partial charge in [-0.15, -0.1) is 0 Å². The van der Waals surface area contributed by atoms with E-state index in [1.165, 1.54) is 4.57 Å². The largest absolute Gasteiger partial charge is 0.444 e. The molecule has 44 heavy (non-hydrogen) atoms. The number of fused-ring (bicyclic) bond motifs is 1. The summed E-state index contributed by atoms with van der Waals surface area (Å²) in [6.07, 6.45) is 2.12. The highest BCUT2D eigenvalue weighted by atomic mass is 35.5. The molecule has 0 aliphatic carbocycles. The maximum atomic E-state index is 14.1. The van der Waals surface area contributed by atoms with E-state index in [0.717, 1.165) is 17.5 Å². The average Bonchev–Trinajstić information content (AvgIpc) is 2.96. The first-order valence-electron chi connectivity index (χ1n) is 14.7. The lowest BCUT2D eigenvalue weighted by molar-refractivity contribution is 0.0218. The van der Waals surface area contributed by atoms with Gasteiger partial charge in [0.1, 0.15) is 17.7 Å². The van der Waals surface area contributed by atoms with Crippen LogP contribution in [0.5, 0.6) is 0 Å². The smallest absolute Gasteiger partial charge is 0.410 e. The predicted molar refractivity (Wildman–Crippen MR) is 172 cm³/mol. The van der Waals surface area contributed by atoms with E-state index in [2.05, 4.69) is 9.97 Å². The molecule has 4 heterocycles. The van der Waals surface area contributed by atoms with E-state index >= 15 is 0 Å². The van der Waals surface area contributed by atoms with Crippen molar-refractivity contribution in [3.05, 3.63) is 74.9 Å². The highest BCUT2D eigenvalue weighted by Crippen LogP contribution is 2.35. The van der Waals surface area contributed by atoms with Gasteiger partial charge in [-0.3, -0.25) is 9.78 Å². The molecular weight excluding hydrogens is 580 g/mol. The minimum Gasteiger partial charge on any atom is -0.444 e.